The van der Waals surface area contributed by atoms with E-state index < -0.39 is 8.60 Å². The largest absolute Gasteiger partial charge is 4.00 e. The Bertz CT molecular complexity index is 34.9. The van der Waals surface area contributed by atoms with E-state index in [1.807, 2.05) is 0 Å². The fourth-order valence-corrected chi connectivity index (χ4v) is 0. The number of hydrogen-bond acceptors (Lipinski definition) is 3. The van der Waals surface area contributed by atoms with Gasteiger partial charge in [-0.3, -0.25) is 0 Å². The van der Waals surface area contributed by atoms with Crippen LogP contribution in [0, 0.1) is 6.92 Å². The standard InChI is InChI=1S/C4H9.O3P.2H2O.V/c1-3-4-2;1-4(2)3;;;/h1,3-4H2,2H3;;2*1H2;/q-1;-3;;;+4. The Hall–Kier alpha value is 0.814. The van der Waals surface area contributed by atoms with Gasteiger partial charge in [-0.05, 0) is 0 Å². The van der Waals surface area contributed by atoms with E-state index in [0.29, 0.717) is 0 Å². The van der Waals surface area contributed by atoms with Gasteiger partial charge in [-0.2, -0.15) is 6.42 Å². The molecule has 0 saturated carbocycles. The van der Waals surface area contributed by atoms with Gasteiger partial charge in [-0.25, -0.2) is 0 Å². The molecule has 5 nitrogen and oxygen atoms in total. The maximum absolute atomic E-state index is 8.48. The van der Waals surface area contributed by atoms with Crippen molar-refractivity contribution in [3.8, 4) is 0 Å². The summed E-state index contributed by atoms with van der Waals surface area (Å²) in [4.78, 5) is 25.4. The van der Waals surface area contributed by atoms with E-state index >= 15 is 0 Å². The molecular weight excluding hydrogens is 210 g/mol. The Balaban J connectivity index is -0.0000000171. The zero-order chi connectivity index (χ0) is 6.99. The van der Waals surface area contributed by atoms with E-state index in [2.05, 4.69) is 13.8 Å². The van der Waals surface area contributed by atoms with Gasteiger partial charge in [0.2, 0.25) is 0 Å². The molecule has 0 amide bonds. The fraction of sp³-hybridized carbons (Fsp3) is 0.750. The number of rotatable bonds is 1. The maximum atomic E-state index is 8.48. The molecule has 0 atom stereocenters. The average molecular weight is 223 g/mol. The van der Waals surface area contributed by atoms with Gasteiger partial charge in [0.25, 0.3) is 0 Å². The van der Waals surface area contributed by atoms with E-state index in [0.717, 1.165) is 6.42 Å². The van der Waals surface area contributed by atoms with Crippen LogP contribution in [0.1, 0.15) is 19.8 Å². The van der Waals surface area contributed by atoms with Crippen molar-refractivity contribution in [2.75, 3.05) is 0 Å². The second-order valence-corrected chi connectivity index (χ2v) is 1.52. The summed E-state index contributed by atoms with van der Waals surface area (Å²) in [6.45, 7) is 5.72. The Morgan fingerprint density at radius 3 is 1.27 bits per heavy atom. The van der Waals surface area contributed by atoms with Crippen LogP contribution in [0.15, 0.2) is 0 Å². The maximum Gasteiger partial charge on any atom is 4.00 e. The molecule has 0 saturated heterocycles. The van der Waals surface area contributed by atoms with Crippen LogP contribution < -0.4 is 14.7 Å². The molecule has 0 rings (SSSR count). The summed E-state index contributed by atoms with van der Waals surface area (Å²) >= 11 is 0. The van der Waals surface area contributed by atoms with E-state index in [-0.39, 0.29) is 29.5 Å². The first-order chi connectivity index (χ1) is 3.65. The van der Waals surface area contributed by atoms with E-state index in [1.54, 1.807) is 0 Å². The van der Waals surface area contributed by atoms with Crippen molar-refractivity contribution in [2.45, 2.75) is 19.8 Å². The second kappa shape index (κ2) is 30.8. The fourth-order valence-electron chi connectivity index (χ4n) is 0. The minimum absolute atomic E-state index is 0. The van der Waals surface area contributed by atoms with E-state index in [1.165, 1.54) is 6.42 Å². The van der Waals surface area contributed by atoms with Gasteiger partial charge in [0.15, 0.2) is 0 Å². The third kappa shape index (κ3) is 255. The van der Waals surface area contributed by atoms with Crippen molar-refractivity contribution in [1.82, 2.24) is 0 Å². The summed E-state index contributed by atoms with van der Waals surface area (Å²) in [5.41, 5.74) is 0. The molecular formula is C4H13O5PV. The van der Waals surface area contributed by atoms with Crippen molar-refractivity contribution in [3.05, 3.63) is 6.92 Å². The predicted molar refractivity (Wildman–Crippen MR) is 34.4 cm³/mol. The Morgan fingerprint density at radius 1 is 1.18 bits per heavy atom. The van der Waals surface area contributed by atoms with Crippen LogP contribution in [0.2, 0.25) is 0 Å². The zero-order valence-corrected chi connectivity index (χ0v) is 8.53. The summed E-state index contributed by atoms with van der Waals surface area (Å²) in [5.74, 6) is 0. The van der Waals surface area contributed by atoms with Crippen LogP contribution in [0.25, 0.3) is 0 Å². The van der Waals surface area contributed by atoms with Crippen molar-refractivity contribution in [2.24, 2.45) is 0 Å². The third-order valence-corrected chi connectivity index (χ3v) is 0.354. The summed E-state index contributed by atoms with van der Waals surface area (Å²) in [5, 5.41) is 0. The smallest absolute Gasteiger partial charge is 0.854 e. The zero-order valence-electron chi connectivity index (χ0n) is 6.24. The molecule has 11 heavy (non-hydrogen) atoms. The first-order valence-electron chi connectivity index (χ1n) is 2.25. The van der Waals surface area contributed by atoms with Gasteiger partial charge < -0.3 is 41.2 Å². The van der Waals surface area contributed by atoms with E-state index in [4.69, 9.17) is 14.7 Å². The van der Waals surface area contributed by atoms with Crippen molar-refractivity contribution >= 4 is 8.60 Å². The van der Waals surface area contributed by atoms with Crippen LogP contribution in [0.3, 0.4) is 0 Å². The Kier molecular flexibility index (Phi) is 83.3. The predicted octanol–water partition coefficient (Wildman–Crippen LogP) is -2.74. The molecule has 0 heterocycles. The Morgan fingerprint density at radius 2 is 1.27 bits per heavy atom. The summed E-state index contributed by atoms with van der Waals surface area (Å²) in [7, 11) is -3.37. The topological polar surface area (TPSA) is 132 Å². The van der Waals surface area contributed by atoms with Crippen molar-refractivity contribution in [3.63, 3.8) is 0 Å². The summed E-state index contributed by atoms with van der Waals surface area (Å²) < 4.78 is 0. The van der Waals surface area contributed by atoms with Crippen LogP contribution in [-0.2, 0) is 18.6 Å². The van der Waals surface area contributed by atoms with Gasteiger partial charge in [0.1, 0.15) is 0 Å². The molecule has 0 aliphatic heterocycles. The molecule has 0 aliphatic carbocycles. The molecule has 0 aliphatic rings. The van der Waals surface area contributed by atoms with Gasteiger partial charge >= 0.3 is 18.6 Å². The van der Waals surface area contributed by atoms with Gasteiger partial charge in [-0.1, -0.05) is 13.3 Å². The molecule has 0 aromatic carbocycles. The third-order valence-electron chi connectivity index (χ3n) is 0.354. The Labute approximate surface area is 80.0 Å². The van der Waals surface area contributed by atoms with Crippen LogP contribution >= 0.6 is 8.60 Å². The molecule has 1 radical (unpaired) electrons. The monoisotopic (exact) mass is 223 g/mol. The molecule has 4 N–H and O–H groups in total. The van der Waals surface area contributed by atoms with Gasteiger partial charge in [-0.15, -0.1) is 0 Å². The molecule has 69 valence electrons. The summed E-state index contributed by atoms with van der Waals surface area (Å²) in [6, 6.07) is 0. The normalized spacial score (nSPS) is 6.00. The van der Waals surface area contributed by atoms with Crippen LogP contribution in [-0.4, -0.2) is 11.0 Å². The molecule has 0 fully saturated rings. The molecule has 0 aromatic heterocycles. The van der Waals surface area contributed by atoms with Gasteiger partial charge in [0.05, 0.1) is 0 Å². The molecule has 7 heteroatoms. The second-order valence-electron chi connectivity index (χ2n) is 1.08. The first-order valence-corrected chi connectivity index (χ1v) is 3.35. The van der Waals surface area contributed by atoms with Crippen LogP contribution in [0.4, 0.5) is 0 Å². The summed E-state index contributed by atoms with van der Waals surface area (Å²) in [6.07, 6.45) is 2.28. The quantitative estimate of drug-likeness (QED) is 0.352. The molecule has 0 unspecified atom stereocenters. The molecule has 0 bridgehead atoms. The molecule has 0 aromatic rings. The average Bonchev–Trinajstić information content (AvgIpc) is 1.65. The first kappa shape index (κ1) is 29.8. The van der Waals surface area contributed by atoms with E-state index in [9.17, 15) is 0 Å². The van der Waals surface area contributed by atoms with Crippen LogP contribution in [0.5, 0.6) is 0 Å². The van der Waals surface area contributed by atoms with Crippen molar-refractivity contribution < 1.29 is 44.2 Å². The van der Waals surface area contributed by atoms with Gasteiger partial charge in [0, 0.05) is 0 Å². The number of hydrogen-bond donors (Lipinski definition) is 0. The number of unbranched alkanes of at least 4 members (excludes halogenated alkanes) is 1. The van der Waals surface area contributed by atoms with Crippen molar-refractivity contribution in [1.29, 1.82) is 0 Å². The minimum Gasteiger partial charge on any atom is -0.854 e. The molecule has 0 spiro atoms. The SMILES string of the molecule is O.O.[CH2-]CCC.[O-]P([O-])[O-].[V+4]. The minimum atomic E-state index is -3.37.